The number of nitrogens with zero attached hydrogens (tertiary/aromatic N) is 2. The maximum Gasteiger partial charge on any atom is 0.250 e. The number of carbonyl (C=O) groups is 1. The fraction of sp³-hybridized carbons (Fsp3) is 0.556. The SMILES string of the molecule is O=C(NC1CCCC1)C1CN(Cc2nc3ccccc3[nH]2)CCO1. The van der Waals surface area contributed by atoms with E-state index in [1.54, 1.807) is 0 Å². The third-order valence-corrected chi connectivity index (χ3v) is 4.96. The van der Waals surface area contributed by atoms with Gasteiger partial charge < -0.3 is 15.0 Å². The van der Waals surface area contributed by atoms with Crippen LogP contribution in [0.5, 0.6) is 0 Å². The zero-order valence-corrected chi connectivity index (χ0v) is 13.8. The highest BCUT2D eigenvalue weighted by atomic mass is 16.5. The van der Waals surface area contributed by atoms with E-state index in [4.69, 9.17) is 4.74 Å². The van der Waals surface area contributed by atoms with Crippen molar-refractivity contribution in [2.75, 3.05) is 19.7 Å². The molecule has 1 unspecified atom stereocenters. The number of ether oxygens (including phenoxy) is 1. The van der Waals surface area contributed by atoms with Crippen LogP contribution in [0.3, 0.4) is 0 Å². The number of carbonyl (C=O) groups excluding carboxylic acids is 1. The molecule has 2 heterocycles. The van der Waals surface area contributed by atoms with Crippen molar-refractivity contribution in [3.8, 4) is 0 Å². The van der Waals surface area contributed by atoms with Gasteiger partial charge in [0.05, 0.1) is 24.2 Å². The van der Waals surface area contributed by atoms with E-state index in [0.29, 0.717) is 25.7 Å². The van der Waals surface area contributed by atoms with Gasteiger partial charge in [-0.2, -0.15) is 0 Å². The molecule has 4 rings (SSSR count). The van der Waals surface area contributed by atoms with Crippen molar-refractivity contribution < 1.29 is 9.53 Å². The second-order valence-corrected chi connectivity index (χ2v) is 6.79. The van der Waals surface area contributed by atoms with Crippen molar-refractivity contribution in [1.82, 2.24) is 20.2 Å². The average molecular weight is 328 g/mol. The summed E-state index contributed by atoms with van der Waals surface area (Å²) < 4.78 is 5.69. The predicted octanol–water partition coefficient (Wildman–Crippen LogP) is 1.82. The van der Waals surface area contributed by atoms with Gasteiger partial charge in [-0.3, -0.25) is 9.69 Å². The first kappa shape index (κ1) is 15.6. The molecule has 1 aromatic carbocycles. The molecular formula is C18H24N4O2. The minimum Gasteiger partial charge on any atom is -0.366 e. The number of morpholine rings is 1. The average Bonchev–Trinajstić information content (AvgIpc) is 3.23. The Balaban J connectivity index is 1.36. The summed E-state index contributed by atoms with van der Waals surface area (Å²) in [5.41, 5.74) is 2.03. The Morgan fingerprint density at radius 1 is 1.33 bits per heavy atom. The molecule has 2 aromatic rings. The van der Waals surface area contributed by atoms with Gasteiger partial charge in [0, 0.05) is 19.1 Å². The lowest BCUT2D eigenvalue weighted by atomic mass is 10.2. The topological polar surface area (TPSA) is 70.2 Å². The van der Waals surface area contributed by atoms with Crippen LogP contribution in [0.2, 0.25) is 0 Å². The number of hydrogen-bond acceptors (Lipinski definition) is 4. The number of amides is 1. The van der Waals surface area contributed by atoms with Crippen LogP contribution in [0.25, 0.3) is 11.0 Å². The van der Waals surface area contributed by atoms with Crippen molar-refractivity contribution in [1.29, 1.82) is 0 Å². The number of benzene rings is 1. The Bertz CT molecular complexity index is 675. The lowest BCUT2D eigenvalue weighted by Gasteiger charge is -2.32. The van der Waals surface area contributed by atoms with E-state index < -0.39 is 0 Å². The Hall–Kier alpha value is -1.92. The lowest BCUT2D eigenvalue weighted by molar-refractivity contribution is -0.139. The maximum absolute atomic E-state index is 12.4. The molecule has 1 saturated carbocycles. The summed E-state index contributed by atoms with van der Waals surface area (Å²) in [5.74, 6) is 0.976. The van der Waals surface area contributed by atoms with Crippen molar-refractivity contribution >= 4 is 16.9 Å². The van der Waals surface area contributed by atoms with Crippen LogP contribution in [0.1, 0.15) is 31.5 Å². The number of nitrogens with one attached hydrogen (secondary N) is 2. The highest BCUT2D eigenvalue weighted by Crippen LogP contribution is 2.18. The van der Waals surface area contributed by atoms with Crippen molar-refractivity contribution in [2.24, 2.45) is 0 Å². The fourth-order valence-corrected chi connectivity index (χ4v) is 3.66. The monoisotopic (exact) mass is 328 g/mol. The van der Waals surface area contributed by atoms with E-state index in [-0.39, 0.29) is 12.0 Å². The van der Waals surface area contributed by atoms with Crippen LogP contribution in [0.15, 0.2) is 24.3 Å². The zero-order valence-electron chi connectivity index (χ0n) is 13.8. The summed E-state index contributed by atoms with van der Waals surface area (Å²) >= 11 is 0. The van der Waals surface area contributed by atoms with E-state index in [1.807, 2.05) is 24.3 Å². The number of H-pyrrole nitrogens is 1. The highest BCUT2D eigenvalue weighted by molar-refractivity contribution is 5.81. The van der Waals surface area contributed by atoms with Gasteiger partial charge in [0.1, 0.15) is 11.9 Å². The van der Waals surface area contributed by atoms with Crippen molar-refractivity contribution in [2.45, 2.75) is 44.4 Å². The summed E-state index contributed by atoms with van der Waals surface area (Å²) in [6.45, 7) is 2.74. The minimum atomic E-state index is -0.372. The Labute approximate surface area is 141 Å². The second kappa shape index (κ2) is 6.91. The Morgan fingerprint density at radius 2 is 2.17 bits per heavy atom. The number of para-hydroxylation sites is 2. The molecule has 1 atom stereocenters. The van der Waals surface area contributed by atoms with E-state index in [9.17, 15) is 4.79 Å². The maximum atomic E-state index is 12.4. The second-order valence-electron chi connectivity index (χ2n) is 6.79. The van der Waals surface area contributed by atoms with Gasteiger partial charge in [0.25, 0.3) is 5.91 Å². The van der Waals surface area contributed by atoms with Gasteiger partial charge in [0.15, 0.2) is 0 Å². The van der Waals surface area contributed by atoms with E-state index >= 15 is 0 Å². The summed E-state index contributed by atoms with van der Waals surface area (Å²) in [6, 6.07) is 8.37. The third-order valence-electron chi connectivity index (χ3n) is 4.96. The van der Waals surface area contributed by atoms with Gasteiger partial charge in [-0.1, -0.05) is 25.0 Å². The third kappa shape index (κ3) is 3.44. The van der Waals surface area contributed by atoms with Crippen molar-refractivity contribution in [3.63, 3.8) is 0 Å². The van der Waals surface area contributed by atoms with Crippen LogP contribution in [-0.2, 0) is 16.1 Å². The molecule has 1 saturated heterocycles. The van der Waals surface area contributed by atoms with Crippen molar-refractivity contribution in [3.05, 3.63) is 30.1 Å². The van der Waals surface area contributed by atoms with Crippen LogP contribution < -0.4 is 5.32 Å². The Kier molecular flexibility index (Phi) is 4.49. The quantitative estimate of drug-likeness (QED) is 0.898. The molecule has 2 N–H and O–H groups in total. The molecule has 1 aromatic heterocycles. The molecule has 1 aliphatic heterocycles. The zero-order chi connectivity index (χ0) is 16.4. The molecule has 0 radical (unpaired) electrons. The first-order chi connectivity index (χ1) is 11.8. The van der Waals surface area contributed by atoms with Crippen LogP contribution in [0.4, 0.5) is 0 Å². The molecule has 128 valence electrons. The van der Waals surface area contributed by atoms with Gasteiger partial charge in [-0.05, 0) is 25.0 Å². The first-order valence-corrected chi connectivity index (χ1v) is 8.86. The smallest absolute Gasteiger partial charge is 0.250 e. The summed E-state index contributed by atoms with van der Waals surface area (Å²) in [4.78, 5) is 22.6. The van der Waals surface area contributed by atoms with Gasteiger partial charge in [-0.25, -0.2) is 4.98 Å². The Morgan fingerprint density at radius 3 is 3.00 bits per heavy atom. The number of imidazole rings is 1. The number of aromatic nitrogens is 2. The molecule has 0 bridgehead atoms. The molecule has 0 spiro atoms. The van der Waals surface area contributed by atoms with Crippen LogP contribution in [0, 0.1) is 0 Å². The molecule has 1 amide bonds. The summed E-state index contributed by atoms with van der Waals surface area (Å²) in [7, 11) is 0. The van der Waals surface area contributed by atoms with E-state index in [0.717, 1.165) is 36.2 Å². The molecule has 6 nitrogen and oxygen atoms in total. The number of hydrogen-bond donors (Lipinski definition) is 2. The predicted molar refractivity (Wildman–Crippen MR) is 91.5 cm³/mol. The van der Waals surface area contributed by atoms with Gasteiger partial charge >= 0.3 is 0 Å². The number of aromatic amines is 1. The standard InChI is InChI=1S/C18H24N4O2/c23-18(19-13-5-1-2-6-13)16-11-22(9-10-24-16)12-17-20-14-7-3-4-8-15(14)21-17/h3-4,7-8,13,16H,1-2,5-6,9-12H2,(H,19,23)(H,20,21). The number of fused-ring (bicyclic) bond motifs is 1. The molecule has 2 aliphatic rings. The van der Waals surface area contributed by atoms with E-state index in [2.05, 4.69) is 20.2 Å². The molecular weight excluding hydrogens is 304 g/mol. The molecule has 24 heavy (non-hydrogen) atoms. The summed E-state index contributed by atoms with van der Waals surface area (Å²) in [6.07, 6.45) is 4.26. The van der Waals surface area contributed by atoms with Gasteiger partial charge in [-0.15, -0.1) is 0 Å². The molecule has 2 fully saturated rings. The van der Waals surface area contributed by atoms with Crippen LogP contribution in [-0.4, -0.2) is 52.6 Å². The van der Waals surface area contributed by atoms with Gasteiger partial charge in [0.2, 0.25) is 0 Å². The fourth-order valence-electron chi connectivity index (χ4n) is 3.66. The largest absolute Gasteiger partial charge is 0.366 e. The minimum absolute atomic E-state index is 0.0382. The lowest BCUT2D eigenvalue weighted by Crippen LogP contribution is -2.51. The first-order valence-electron chi connectivity index (χ1n) is 8.86. The number of rotatable bonds is 4. The highest BCUT2D eigenvalue weighted by Gasteiger charge is 2.29. The van der Waals surface area contributed by atoms with E-state index in [1.165, 1.54) is 12.8 Å². The molecule has 6 heteroatoms. The summed E-state index contributed by atoms with van der Waals surface area (Å²) in [5, 5.41) is 3.14. The van der Waals surface area contributed by atoms with Crippen LogP contribution >= 0.6 is 0 Å². The molecule has 1 aliphatic carbocycles. The normalized spacial score (nSPS) is 22.9.